The normalized spacial score (nSPS) is 14.3. The largest absolute Gasteiger partial charge is 0.335 e. The van der Waals surface area contributed by atoms with E-state index in [1.807, 2.05) is 19.1 Å². The Kier molecular flexibility index (Phi) is 6.29. The van der Waals surface area contributed by atoms with E-state index in [0.717, 1.165) is 4.88 Å². The highest BCUT2D eigenvalue weighted by molar-refractivity contribution is 7.92. The van der Waals surface area contributed by atoms with Gasteiger partial charge >= 0.3 is 0 Å². The second-order valence-corrected chi connectivity index (χ2v) is 10.5. The van der Waals surface area contributed by atoms with Crippen molar-refractivity contribution in [1.82, 2.24) is 9.80 Å². The van der Waals surface area contributed by atoms with E-state index < -0.39 is 10.0 Å². The van der Waals surface area contributed by atoms with Crippen LogP contribution >= 0.6 is 11.3 Å². The van der Waals surface area contributed by atoms with Crippen molar-refractivity contribution in [3.63, 3.8) is 0 Å². The third kappa shape index (κ3) is 4.84. The minimum Gasteiger partial charge on any atom is -0.335 e. The first-order valence-corrected chi connectivity index (χ1v) is 12.5. The second kappa shape index (κ2) is 9.13. The number of amides is 2. The number of nitrogens with zero attached hydrogens (tertiary/aromatic N) is 2. The van der Waals surface area contributed by atoms with E-state index in [4.69, 9.17) is 0 Å². The van der Waals surface area contributed by atoms with Crippen molar-refractivity contribution in [2.24, 2.45) is 0 Å². The van der Waals surface area contributed by atoms with Crippen LogP contribution < -0.4 is 4.72 Å². The summed E-state index contributed by atoms with van der Waals surface area (Å²) in [5.41, 5.74) is 0.716. The molecule has 0 spiro atoms. The summed E-state index contributed by atoms with van der Waals surface area (Å²) in [6, 6.07) is 18.3. The topological polar surface area (TPSA) is 86.8 Å². The van der Waals surface area contributed by atoms with E-state index >= 15 is 0 Å². The van der Waals surface area contributed by atoms with Gasteiger partial charge in [0, 0.05) is 42.3 Å². The van der Waals surface area contributed by atoms with Gasteiger partial charge in [-0.15, -0.1) is 11.3 Å². The summed E-state index contributed by atoms with van der Waals surface area (Å²) in [7, 11) is -3.74. The number of rotatable bonds is 5. The lowest BCUT2D eigenvalue weighted by Crippen LogP contribution is -2.50. The van der Waals surface area contributed by atoms with Gasteiger partial charge in [0.05, 0.1) is 9.77 Å². The van der Waals surface area contributed by atoms with Crippen molar-refractivity contribution in [2.75, 3.05) is 30.9 Å². The molecule has 0 bridgehead atoms. The van der Waals surface area contributed by atoms with E-state index in [-0.39, 0.29) is 16.7 Å². The Morgan fingerprint density at radius 2 is 1.50 bits per heavy atom. The summed E-state index contributed by atoms with van der Waals surface area (Å²) < 4.78 is 27.6. The molecule has 1 N–H and O–H groups in total. The molecule has 2 amide bonds. The van der Waals surface area contributed by atoms with Crippen LogP contribution in [0.15, 0.2) is 71.6 Å². The lowest BCUT2D eigenvalue weighted by molar-refractivity contribution is 0.0538. The van der Waals surface area contributed by atoms with Crippen molar-refractivity contribution in [1.29, 1.82) is 0 Å². The Morgan fingerprint density at radius 1 is 0.844 bits per heavy atom. The highest BCUT2D eigenvalue weighted by Crippen LogP contribution is 2.20. The molecule has 2 heterocycles. The molecule has 0 atom stereocenters. The van der Waals surface area contributed by atoms with E-state index in [0.29, 0.717) is 42.3 Å². The minimum absolute atomic E-state index is 0.00693. The van der Waals surface area contributed by atoms with Crippen LogP contribution in [-0.2, 0) is 10.0 Å². The Hall–Kier alpha value is -3.17. The monoisotopic (exact) mass is 469 g/mol. The van der Waals surface area contributed by atoms with Gasteiger partial charge in [-0.1, -0.05) is 24.3 Å². The fourth-order valence-corrected chi connectivity index (χ4v) is 5.44. The van der Waals surface area contributed by atoms with Crippen LogP contribution in [0.1, 0.15) is 24.9 Å². The van der Waals surface area contributed by atoms with E-state index in [1.165, 1.54) is 29.5 Å². The van der Waals surface area contributed by atoms with Gasteiger partial charge in [0.2, 0.25) is 0 Å². The van der Waals surface area contributed by atoms with E-state index in [2.05, 4.69) is 4.72 Å². The predicted molar refractivity (Wildman–Crippen MR) is 125 cm³/mol. The van der Waals surface area contributed by atoms with Crippen molar-refractivity contribution < 1.29 is 18.0 Å². The average Bonchev–Trinajstić information content (AvgIpc) is 3.25. The van der Waals surface area contributed by atoms with Gasteiger partial charge in [-0.25, -0.2) is 8.42 Å². The molecule has 1 aliphatic rings. The van der Waals surface area contributed by atoms with Crippen molar-refractivity contribution in [3.05, 3.63) is 82.0 Å². The van der Waals surface area contributed by atoms with Crippen LogP contribution in [0.5, 0.6) is 0 Å². The Balaban J connectivity index is 1.41. The number of nitrogens with one attached hydrogen (secondary N) is 1. The third-order valence-electron chi connectivity index (χ3n) is 5.22. The Labute approximate surface area is 191 Å². The molecule has 1 aromatic heterocycles. The van der Waals surface area contributed by atoms with Crippen LogP contribution in [0.4, 0.5) is 5.69 Å². The zero-order chi connectivity index (χ0) is 22.7. The number of piperazine rings is 1. The summed E-state index contributed by atoms with van der Waals surface area (Å²) in [5.74, 6) is -0.197. The summed E-state index contributed by atoms with van der Waals surface area (Å²) in [4.78, 5) is 31.0. The first kappa shape index (κ1) is 22.0. The number of hydrogen-bond donors (Lipinski definition) is 1. The maximum Gasteiger partial charge on any atom is 0.264 e. The lowest BCUT2D eigenvalue weighted by Gasteiger charge is -2.34. The molecule has 0 aliphatic carbocycles. The molecule has 0 saturated carbocycles. The number of carbonyl (C=O) groups is 2. The number of hydrogen-bond acceptors (Lipinski definition) is 5. The molecule has 32 heavy (non-hydrogen) atoms. The van der Waals surface area contributed by atoms with Crippen molar-refractivity contribution >= 4 is 38.9 Å². The maximum absolute atomic E-state index is 13.0. The molecule has 9 heteroatoms. The van der Waals surface area contributed by atoms with Crippen molar-refractivity contribution in [3.8, 4) is 0 Å². The first-order valence-electron chi connectivity index (χ1n) is 10.2. The zero-order valence-electron chi connectivity index (χ0n) is 17.5. The van der Waals surface area contributed by atoms with Gasteiger partial charge < -0.3 is 9.80 Å². The lowest BCUT2D eigenvalue weighted by atomic mass is 10.1. The first-order chi connectivity index (χ1) is 15.3. The summed E-state index contributed by atoms with van der Waals surface area (Å²) in [5, 5.41) is 0. The molecule has 1 saturated heterocycles. The Morgan fingerprint density at radius 3 is 2.12 bits per heavy atom. The predicted octanol–water partition coefficient (Wildman–Crippen LogP) is 3.46. The zero-order valence-corrected chi connectivity index (χ0v) is 19.2. The molecule has 0 radical (unpaired) electrons. The van der Waals surface area contributed by atoms with E-state index in [9.17, 15) is 18.0 Å². The molecule has 0 unspecified atom stereocenters. The van der Waals surface area contributed by atoms with Gasteiger partial charge in [-0.05, 0) is 49.4 Å². The van der Waals surface area contributed by atoms with Gasteiger partial charge in [0.15, 0.2) is 0 Å². The van der Waals surface area contributed by atoms with Gasteiger partial charge in [-0.2, -0.15) is 0 Å². The third-order valence-corrected chi connectivity index (χ3v) is 7.61. The second-order valence-electron chi connectivity index (χ2n) is 7.49. The number of anilines is 1. The fourth-order valence-electron chi connectivity index (χ4n) is 3.53. The number of sulfonamides is 1. The molecule has 4 rings (SSSR count). The highest BCUT2D eigenvalue weighted by atomic mass is 32.2. The van der Waals surface area contributed by atoms with Crippen LogP contribution in [0.2, 0.25) is 0 Å². The SMILES string of the molecule is Cc1ccc(C(=O)N2CCN(C(=O)c3cccc(NS(=O)(=O)c4ccccc4)c3)CC2)s1. The standard InChI is InChI=1S/C23H23N3O4S2/c1-17-10-11-21(31-17)23(28)26-14-12-25(13-15-26)22(27)18-6-5-7-19(16-18)24-32(29,30)20-8-3-2-4-9-20/h2-11,16,24H,12-15H2,1H3. The molecule has 166 valence electrons. The van der Waals surface area contributed by atoms with Crippen molar-refractivity contribution in [2.45, 2.75) is 11.8 Å². The molecular formula is C23H23N3O4S2. The summed E-state index contributed by atoms with van der Waals surface area (Å²) in [6.45, 7) is 3.74. The Bertz CT molecular complexity index is 1230. The number of benzene rings is 2. The molecule has 3 aromatic rings. The highest BCUT2D eigenvalue weighted by Gasteiger charge is 2.26. The van der Waals surface area contributed by atoms with Crippen LogP contribution in [-0.4, -0.2) is 56.2 Å². The van der Waals surface area contributed by atoms with Gasteiger partial charge in [0.1, 0.15) is 0 Å². The van der Waals surface area contributed by atoms with Crippen LogP contribution in [0.25, 0.3) is 0 Å². The molecule has 1 aliphatic heterocycles. The van der Waals surface area contributed by atoms with E-state index in [1.54, 1.807) is 46.2 Å². The smallest absolute Gasteiger partial charge is 0.264 e. The van der Waals surface area contributed by atoms with Gasteiger partial charge in [0.25, 0.3) is 21.8 Å². The molecule has 1 fully saturated rings. The summed E-state index contributed by atoms with van der Waals surface area (Å²) in [6.07, 6.45) is 0. The number of thiophene rings is 1. The number of carbonyl (C=O) groups excluding carboxylic acids is 2. The fraction of sp³-hybridized carbons (Fsp3) is 0.217. The minimum atomic E-state index is -3.74. The molecule has 2 aromatic carbocycles. The molecular weight excluding hydrogens is 446 g/mol. The number of aryl methyl sites for hydroxylation is 1. The van der Waals surface area contributed by atoms with Crippen LogP contribution in [0.3, 0.4) is 0 Å². The average molecular weight is 470 g/mol. The molecule has 7 nitrogen and oxygen atoms in total. The van der Waals surface area contributed by atoms with Gasteiger partial charge in [-0.3, -0.25) is 14.3 Å². The van der Waals surface area contributed by atoms with Crippen LogP contribution in [0, 0.1) is 6.92 Å². The maximum atomic E-state index is 13.0. The summed E-state index contributed by atoms with van der Waals surface area (Å²) >= 11 is 1.47. The quantitative estimate of drug-likeness (QED) is 0.620.